The van der Waals surface area contributed by atoms with Crippen LogP contribution in [-0.2, 0) is 0 Å². The van der Waals surface area contributed by atoms with E-state index in [-0.39, 0.29) is 0 Å². The van der Waals surface area contributed by atoms with Crippen LogP contribution in [0.25, 0.3) is 92.2 Å². The Hall–Kier alpha value is -8.34. The molecular weight excluding hydrogens is 867 g/mol. The molecule has 0 saturated carbocycles. The molecule has 0 fully saturated rings. The van der Waals surface area contributed by atoms with Gasteiger partial charge in [-0.2, -0.15) is 20.7 Å². The van der Waals surface area contributed by atoms with Gasteiger partial charge in [0.15, 0.2) is 0 Å². The fourth-order valence-corrected chi connectivity index (χ4v) is 16.9. The number of rotatable bonds is 9. The minimum Gasteiger partial charge on any atom is -0.309 e. The maximum absolute atomic E-state index is 2.73. The van der Waals surface area contributed by atoms with Gasteiger partial charge < -0.3 is 4.57 Å². The van der Waals surface area contributed by atoms with Gasteiger partial charge in [0, 0.05) is 36.6 Å². The van der Waals surface area contributed by atoms with Crippen molar-refractivity contribution in [1.82, 2.24) is 4.57 Å². The average Bonchev–Trinajstić information content (AvgIpc) is 3.98. The molecule has 0 radical (unpaired) electrons. The molecule has 0 spiro atoms. The fourth-order valence-electron chi connectivity index (χ4n) is 11.0. The van der Waals surface area contributed by atoms with Crippen LogP contribution in [0.5, 0.6) is 0 Å². The molecule has 2 aromatic heterocycles. The third kappa shape index (κ3) is 6.97. The molecule has 13 aromatic rings. The molecule has 0 atom stereocenters. The van der Waals surface area contributed by atoms with E-state index >= 15 is 0 Å². The van der Waals surface area contributed by atoms with Crippen molar-refractivity contribution in [1.29, 1.82) is 0 Å². The van der Waals surface area contributed by atoms with Crippen LogP contribution in [0, 0.1) is 0 Å². The van der Waals surface area contributed by atoms with Gasteiger partial charge in [-0.1, -0.05) is 224 Å². The van der Waals surface area contributed by atoms with Gasteiger partial charge in [-0.3, -0.25) is 0 Å². The Morgan fingerprint density at radius 2 is 0.768 bits per heavy atom. The normalized spacial score (nSPS) is 11.8. The molecule has 1 nitrogen and oxygen atoms in total. The summed E-state index contributed by atoms with van der Waals surface area (Å²) in [6.07, 6.45) is 0. The molecule has 69 heavy (non-hydrogen) atoms. The number of hydrogen-bond acceptors (Lipinski definition) is 1. The summed E-state index contributed by atoms with van der Waals surface area (Å²) in [5, 5.41) is 10.6. The molecular formula is C66H45NSSi-. The van der Waals surface area contributed by atoms with Crippen molar-refractivity contribution >= 4 is 82.1 Å². The molecule has 0 aliphatic rings. The summed E-state index contributed by atoms with van der Waals surface area (Å²) in [6, 6.07) is 101. The highest BCUT2D eigenvalue weighted by molar-refractivity contribution is 7.26. The highest BCUT2D eigenvalue weighted by Gasteiger charge is 2.29. The molecule has 0 aliphatic heterocycles. The molecule has 0 aliphatic carbocycles. The minimum atomic E-state index is -2.73. The lowest BCUT2D eigenvalue weighted by Gasteiger charge is -2.47. The zero-order chi connectivity index (χ0) is 45.7. The molecule has 2 heterocycles. The third-order valence-corrected chi connectivity index (χ3v) is 20.1. The average molecular weight is 912 g/mol. The number of aromatic nitrogens is 1. The molecule has 0 N–H and O–H groups in total. The Bertz CT molecular complexity index is 3910. The van der Waals surface area contributed by atoms with Crippen molar-refractivity contribution in [2.45, 2.75) is 0 Å². The van der Waals surface area contributed by atoms with Gasteiger partial charge in [0.25, 0.3) is 0 Å². The first-order chi connectivity index (χ1) is 34.2. The van der Waals surface area contributed by atoms with Gasteiger partial charge in [-0.25, -0.2) is 0 Å². The lowest BCUT2D eigenvalue weighted by Crippen LogP contribution is -2.74. The van der Waals surface area contributed by atoms with E-state index in [0.717, 1.165) is 5.69 Å². The van der Waals surface area contributed by atoms with E-state index in [4.69, 9.17) is 0 Å². The summed E-state index contributed by atoms with van der Waals surface area (Å²) in [7, 11) is -2.73. The maximum atomic E-state index is 2.52. The first-order valence-corrected chi connectivity index (χ1v) is 26.5. The minimum absolute atomic E-state index is 1.15. The number of nitrogens with zero attached hydrogens (tertiary/aromatic N) is 1. The van der Waals surface area contributed by atoms with Gasteiger partial charge in [-0.05, 0) is 101 Å². The first-order valence-electron chi connectivity index (χ1n) is 23.7. The third-order valence-electron chi connectivity index (χ3n) is 14.1. The summed E-state index contributed by atoms with van der Waals surface area (Å²) in [5.41, 5.74) is 13.4. The zero-order valence-electron chi connectivity index (χ0n) is 37.8. The number of fused-ring (bicyclic) bond motifs is 6. The molecule has 0 bridgehead atoms. The quantitative estimate of drug-likeness (QED) is 0.100. The van der Waals surface area contributed by atoms with Crippen LogP contribution in [-0.4, -0.2) is 12.6 Å². The summed E-state index contributed by atoms with van der Waals surface area (Å²) >= 11 is 1.89. The van der Waals surface area contributed by atoms with Crippen LogP contribution in [0.1, 0.15) is 0 Å². The Morgan fingerprint density at radius 1 is 0.275 bits per heavy atom. The monoisotopic (exact) mass is 911 g/mol. The number of hydrogen-bond donors (Lipinski definition) is 0. The highest BCUT2D eigenvalue weighted by Crippen LogP contribution is 2.43. The molecule has 3 heteroatoms. The molecule has 0 unspecified atom stereocenters. The Labute approximate surface area is 407 Å². The predicted octanol–water partition coefficient (Wildman–Crippen LogP) is 15.2. The smallest absolute Gasteiger partial charge is 0.0541 e. The van der Waals surface area contributed by atoms with E-state index in [2.05, 4.69) is 278 Å². The molecule has 0 saturated heterocycles. The van der Waals surface area contributed by atoms with Crippen molar-refractivity contribution in [3.63, 3.8) is 0 Å². The molecule has 13 rings (SSSR count). The second-order valence-corrected chi connectivity index (χ2v) is 22.9. The number of thiophene rings is 1. The lowest BCUT2D eigenvalue weighted by atomic mass is 9.95. The van der Waals surface area contributed by atoms with Crippen molar-refractivity contribution in [2.75, 3.05) is 0 Å². The topological polar surface area (TPSA) is 4.93 Å². The second kappa shape index (κ2) is 17.1. The van der Waals surface area contributed by atoms with Crippen LogP contribution in [0.4, 0.5) is 0 Å². The van der Waals surface area contributed by atoms with E-state index in [1.807, 2.05) is 11.3 Å². The first kappa shape index (κ1) is 40.9. The van der Waals surface area contributed by atoms with Crippen molar-refractivity contribution in [3.05, 3.63) is 273 Å². The second-order valence-electron chi connectivity index (χ2n) is 18.0. The summed E-state index contributed by atoms with van der Waals surface area (Å²) in [4.78, 5) is 0. The van der Waals surface area contributed by atoms with Gasteiger partial charge >= 0.3 is 0 Å². The molecule has 325 valence electrons. The van der Waals surface area contributed by atoms with Crippen molar-refractivity contribution < 1.29 is 0 Å². The van der Waals surface area contributed by atoms with Gasteiger partial charge in [0.05, 0.1) is 11.0 Å². The maximum Gasteiger partial charge on any atom is 0.0541 e. The molecule has 0 amide bonds. The summed E-state index contributed by atoms with van der Waals surface area (Å²) in [6.45, 7) is 0. The standard InChI is InChI=1S/C66H45NSSi/c1-5-19-46(20-6-1)47-21-15-22-48(41-47)49-23-16-24-50(42-49)51-37-40-65-62(44-51)60-35-18-34-58(66(60)68-65)52-25-17-26-53(43-52)67-63-36-14-13-33-59(63)61-45-57(38-39-64(61)67)69(54-27-7-2-8-28-54,55-29-9-3-10-30-55)56-31-11-4-12-32-56/h1-45H/q-1. The fraction of sp³-hybridized carbons (Fsp3) is 0. The summed E-state index contributed by atoms with van der Waals surface area (Å²) in [5.74, 6) is 0. The van der Waals surface area contributed by atoms with Crippen LogP contribution in [0.15, 0.2) is 273 Å². The highest BCUT2D eigenvalue weighted by atomic mass is 32.1. The van der Waals surface area contributed by atoms with E-state index in [1.165, 1.54) is 107 Å². The Morgan fingerprint density at radius 3 is 1.42 bits per heavy atom. The predicted molar refractivity (Wildman–Crippen MR) is 299 cm³/mol. The summed E-state index contributed by atoms with van der Waals surface area (Å²) < 4.78 is 5.07. The number of para-hydroxylation sites is 1. The Kier molecular flexibility index (Phi) is 10.1. The SMILES string of the molecule is c1ccc(-c2cccc(-c3cccc(-c4ccc5sc6c(-c7cccc(-n8c9ccccc9c9cc([Si-](c%10ccccc%10)(c%10ccccc%10)c%10ccccc%10)ccc98)c7)cccc6c5c4)c3)c2)cc1. The van der Waals surface area contributed by atoms with Crippen LogP contribution < -0.4 is 20.7 Å². The lowest BCUT2D eigenvalue weighted by molar-refractivity contribution is 1.18. The van der Waals surface area contributed by atoms with E-state index in [9.17, 15) is 0 Å². The van der Waals surface area contributed by atoms with Crippen LogP contribution >= 0.6 is 11.3 Å². The van der Waals surface area contributed by atoms with E-state index < -0.39 is 8.07 Å². The van der Waals surface area contributed by atoms with Crippen LogP contribution in [0.3, 0.4) is 0 Å². The number of benzene rings is 11. The van der Waals surface area contributed by atoms with Gasteiger partial charge in [-0.15, -0.1) is 11.3 Å². The Balaban J connectivity index is 0.908. The van der Waals surface area contributed by atoms with Crippen molar-refractivity contribution in [3.8, 4) is 50.2 Å². The van der Waals surface area contributed by atoms with Gasteiger partial charge in [0.2, 0.25) is 0 Å². The largest absolute Gasteiger partial charge is 0.309 e. The van der Waals surface area contributed by atoms with E-state index in [0.29, 0.717) is 0 Å². The van der Waals surface area contributed by atoms with Gasteiger partial charge in [0.1, 0.15) is 0 Å². The van der Waals surface area contributed by atoms with Crippen molar-refractivity contribution in [2.24, 2.45) is 0 Å². The van der Waals surface area contributed by atoms with Crippen LogP contribution in [0.2, 0.25) is 0 Å². The molecule has 11 aromatic carbocycles. The van der Waals surface area contributed by atoms with E-state index in [1.54, 1.807) is 0 Å². The zero-order valence-corrected chi connectivity index (χ0v) is 39.7.